The number of hydrogen-bond acceptors (Lipinski definition) is 3. The van der Waals surface area contributed by atoms with E-state index in [9.17, 15) is 4.79 Å². The molecule has 6 heteroatoms. The second kappa shape index (κ2) is 10.0. The van der Waals surface area contributed by atoms with E-state index in [-0.39, 0.29) is 5.91 Å². The Hall–Kier alpha value is -2.08. The molecule has 0 radical (unpaired) electrons. The fourth-order valence-corrected chi connectivity index (χ4v) is 3.26. The van der Waals surface area contributed by atoms with E-state index in [4.69, 9.17) is 0 Å². The second-order valence-corrected chi connectivity index (χ2v) is 6.43. The van der Waals surface area contributed by atoms with Crippen molar-refractivity contribution in [3.8, 4) is 0 Å². The number of aliphatic imine (C=N–C) groups is 1. The normalized spacial score (nSPS) is 18.2. The number of likely N-dealkylation sites (tertiary alicyclic amines) is 1. The zero-order valence-electron chi connectivity index (χ0n) is 15.6. The Balaban J connectivity index is 1.71. The summed E-state index contributed by atoms with van der Waals surface area (Å²) >= 11 is 0. The molecule has 0 bridgehead atoms. The average Bonchev–Trinajstić information content (AvgIpc) is 3.06. The highest BCUT2D eigenvalue weighted by atomic mass is 16.1. The lowest BCUT2D eigenvalue weighted by Crippen LogP contribution is -2.45. The van der Waals surface area contributed by atoms with E-state index in [0.717, 1.165) is 37.7 Å². The van der Waals surface area contributed by atoms with E-state index in [1.807, 2.05) is 31.3 Å². The molecule has 1 heterocycles. The van der Waals surface area contributed by atoms with Gasteiger partial charge in [0.2, 0.25) is 5.91 Å². The number of nitrogens with zero attached hydrogens (tertiary/aromatic N) is 2. The number of rotatable bonds is 7. The number of carbonyl (C=O) groups is 1. The first kappa shape index (κ1) is 19.2. The molecular weight excluding hydrogens is 314 g/mol. The summed E-state index contributed by atoms with van der Waals surface area (Å²) in [5, 5.41) is 9.59. The second-order valence-electron chi connectivity index (χ2n) is 6.43. The molecule has 1 aromatic rings. The largest absolute Gasteiger partial charge is 0.356 e. The SMILES string of the molecule is CCN1CCCC1CNC(=NC)NCCc1ccc(NC(C)=O)cc1. The van der Waals surface area contributed by atoms with Crippen molar-refractivity contribution in [2.75, 3.05) is 38.5 Å². The predicted molar refractivity (Wildman–Crippen MR) is 104 cm³/mol. The van der Waals surface area contributed by atoms with Gasteiger partial charge in [-0.25, -0.2) is 0 Å². The Labute approximate surface area is 151 Å². The first-order valence-corrected chi connectivity index (χ1v) is 9.17. The number of amides is 1. The van der Waals surface area contributed by atoms with Gasteiger partial charge >= 0.3 is 0 Å². The monoisotopic (exact) mass is 345 g/mol. The molecule has 3 N–H and O–H groups in total. The lowest BCUT2D eigenvalue weighted by molar-refractivity contribution is -0.114. The third kappa shape index (κ3) is 6.38. The molecule has 1 aliphatic heterocycles. The van der Waals surface area contributed by atoms with E-state index in [2.05, 4.69) is 32.8 Å². The van der Waals surface area contributed by atoms with Crippen molar-refractivity contribution < 1.29 is 4.79 Å². The molecule has 1 amide bonds. The maximum absolute atomic E-state index is 11.0. The highest BCUT2D eigenvalue weighted by Crippen LogP contribution is 2.15. The van der Waals surface area contributed by atoms with Crippen LogP contribution in [0, 0.1) is 0 Å². The van der Waals surface area contributed by atoms with Crippen molar-refractivity contribution in [2.45, 2.75) is 39.2 Å². The van der Waals surface area contributed by atoms with Gasteiger partial charge in [-0.15, -0.1) is 0 Å². The van der Waals surface area contributed by atoms with E-state index in [0.29, 0.717) is 6.04 Å². The Morgan fingerprint density at radius 3 is 2.68 bits per heavy atom. The van der Waals surface area contributed by atoms with Crippen molar-refractivity contribution in [1.82, 2.24) is 15.5 Å². The molecular formula is C19H31N5O. The van der Waals surface area contributed by atoms with Crippen LogP contribution in [0.1, 0.15) is 32.3 Å². The molecule has 0 aromatic heterocycles. The van der Waals surface area contributed by atoms with Gasteiger partial charge in [-0.1, -0.05) is 19.1 Å². The highest BCUT2D eigenvalue weighted by Gasteiger charge is 2.22. The van der Waals surface area contributed by atoms with Crippen LogP contribution in [0.3, 0.4) is 0 Å². The first-order valence-electron chi connectivity index (χ1n) is 9.17. The molecule has 25 heavy (non-hydrogen) atoms. The zero-order valence-corrected chi connectivity index (χ0v) is 15.6. The number of benzene rings is 1. The molecule has 138 valence electrons. The van der Waals surface area contributed by atoms with Crippen molar-refractivity contribution in [2.24, 2.45) is 4.99 Å². The van der Waals surface area contributed by atoms with Crippen LogP contribution in [0.15, 0.2) is 29.3 Å². The molecule has 2 rings (SSSR count). The van der Waals surface area contributed by atoms with Crippen LogP contribution in [-0.4, -0.2) is 56.0 Å². The van der Waals surface area contributed by atoms with Crippen molar-refractivity contribution in [3.63, 3.8) is 0 Å². The fraction of sp³-hybridized carbons (Fsp3) is 0.579. The molecule has 1 fully saturated rings. The Morgan fingerprint density at radius 2 is 2.04 bits per heavy atom. The standard InChI is InChI=1S/C19H31N5O/c1-4-24-13-5-6-18(24)14-22-19(20-3)21-12-11-16-7-9-17(10-8-16)23-15(2)25/h7-10,18H,4-6,11-14H2,1-3H3,(H,23,25)(H2,20,21,22). The lowest BCUT2D eigenvalue weighted by Gasteiger charge is -2.24. The predicted octanol–water partition coefficient (Wildman–Crippen LogP) is 1.84. The molecule has 0 aliphatic carbocycles. The van der Waals surface area contributed by atoms with Gasteiger partial charge in [0, 0.05) is 38.8 Å². The molecule has 1 atom stereocenters. The number of hydrogen-bond donors (Lipinski definition) is 3. The molecule has 1 aliphatic rings. The highest BCUT2D eigenvalue weighted by molar-refractivity contribution is 5.88. The summed E-state index contributed by atoms with van der Waals surface area (Å²) in [7, 11) is 1.81. The average molecular weight is 345 g/mol. The van der Waals surface area contributed by atoms with Crippen LogP contribution < -0.4 is 16.0 Å². The quantitative estimate of drug-likeness (QED) is 0.521. The van der Waals surface area contributed by atoms with Gasteiger partial charge in [0.25, 0.3) is 0 Å². The minimum absolute atomic E-state index is 0.0480. The van der Waals surface area contributed by atoms with Gasteiger partial charge in [-0.2, -0.15) is 0 Å². The van der Waals surface area contributed by atoms with E-state index in [1.165, 1.54) is 31.9 Å². The van der Waals surface area contributed by atoms with Crippen LogP contribution in [0.2, 0.25) is 0 Å². The summed E-state index contributed by atoms with van der Waals surface area (Å²) in [6, 6.07) is 8.57. The van der Waals surface area contributed by atoms with Crippen LogP contribution >= 0.6 is 0 Å². The summed E-state index contributed by atoms with van der Waals surface area (Å²) in [5.41, 5.74) is 2.06. The summed E-state index contributed by atoms with van der Waals surface area (Å²) in [6.45, 7) is 7.83. The third-order valence-electron chi connectivity index (χ3n) is 4.61. The van der Waals surface area contributed by atoms with Crippen molar-refractivity contribution in [3.05, 3.63) is 29.8 Å². The van der Waals surface area contributed by atoms with Gasteiger partial charge in [0.15, 0.2) is 5.96 Å². The molecule has 0 spiro atoms. The van der Waals surface area contributed by atoms with Gasteiger partial charge in [0.05, 0.1) is 0 Å². The minimum atomic E-state index is -0.0480. The van der Waals surface area contributed by atoms with Crippen LogP contribution in [0.25, 0.3) is 0 Å². The minimum Gasteiger partial charge on any atom is -0.356 e. The van der Waals surface area contributed by atoms with Crippen molar-refractivity contribution >= 4 is 17.6 Å². The molecule has 6 nitrogen and oxygen atoms in total. The molecule has 1 unspecified atom stereocenters. The Bertz CT molecular complexity index is 570. The topological polar surface area (TPSA) is 68.8 Å². The summed E-state index contributed by atoms with van der Waals surface area (Å²) in [5.74, 6) is 0.811. The van der Waals surface area contributed by atoms with E-state index >= 15 is 0 Å². The van der Waals surface area contributed by atoms with Gasteiger partial charge in [-0.05, 0) is 50.0 Å². The van der Waals surface area contributed by atoms with Gasteiger partial charge in [-0.3, -0.25) is 14.7 Å². The lowest BCUT2D eigenvalue weighted by atomic mass is 10.1. The van der Waals surface area contributed by atoms with Crippen LogP contribution in [0.5, 0.6) is 0 Å². The fourth-order valence-electron chi connectivity index (χ4n) is 3.26. The van der Waals surface area contributed by atoms with Gasteiger partial charge < -0.3 is 16.0 Å². The maximum Gasteiger partial charge on any atom is 0.221 e. The Kier molecular flexibility index (Phi) is 7.73. The molecule has 1 aromatic carbocycles. The number of nitrogens with one attached hydrogen (secondary N) is 3. The Morgan fingerprint density at radius 1 is 1.28 bits per heavy atom. The number of likely N-dealkylation sites (N-methyl/N-ethyl adjacent to an activating group) is 1. The molecule has 1 saturated heterocycles. The smallest absolute Gasteiger partial charge is 0.221 e. The number of carbonyl (C=O) groups excluding carboxylic acids is 1. The third-order valence-corrected chi connectivity index (χ3v) is 4.61. The maximum atomic E-state index is 11.0. The van der Waals surface area contributed by atoms with Crippen molar-refractivity contribution in [1.29, 1.82) is 0 Å². The van der Waals surface area contributed by atoms with Crippen LogP contribution in [-0.2, 0) is 11.2 Å². The molecule has 0 saturated carbocycles. The summed E-state index contributed by atoms with van der Waals surface area (Å²) in [4.78, 5) is 17.9. The summed E-state index contributed by atoms with van der Waals surface area (Å²) < 4.78 is 0. The summed E-state index contributed by atoms with van der Waals surface area (Å²) in [6.07, 6.45) is 3.46. The first-order chi connectivity index (χ1) is 12.1. The zero-order chi connectivity index (χ0) is 18.1. The number of anilines is 1. The van der Waals surface area contributed by atoms with Gasteiger partial charge in [0.1, 0.15) is 0 Å². The van der Waals surface area contributed by atoms with E-state index < -0.39 is 0 Å². The van der Waals surface area contributed by atoms with E-state index in [1.54, 1.807) is 0 Å². The number of guanidine groups is 1. The van der Waals surface area contributed by atoms with Crippen LogP contribution in [0.4, 0.5) is 5.69 Å².